The largest absolute Gasteiger partial charge is 0.381 e. The number of hydrogen-bond donors (Lipinski definition) is 1. The third kappa shape index (κ3) is 2.12. The van der Waals surface area contributed by atoms with Crippen LogP contribution in [0.25, 0.3) is 0 Å². The highest BCUT2D eigenvalue weighted by Gasteiger charge is 2.16. The van der Waals surface area contributed by atoms with E-state index >= 15 is 0 Å². The van der Waals surface area contributed by atoms with Crippen LogP contribution >= 0.6 is 0 Å². The van der Waals surface area contributed by atoms with E-state index in [4.69, 9.17) is 5.26 Å². The van der Waals surface area contributed by atoms with Gasteiger partial charge >= 0.3 is 0 Å². The number of hydrogen-bond acceptors (Lipinski definition) is 2. The lowest BCUT2D eigenvalue weighted by Gasteiger charge is -2.16. The Kier molecular flexibility index (Phi) is 2.91. The quantitative estimate of drug-likeness (QED) is 0.795. The smallest absolute Gasteiger partial charge is 0.101 e. The van der Waals surface area contributed by atoms with Gasteiger partial charge in [-0.15, -0.1) is 0 Å². The number of aryl methyl sites for hydroxylation is 1. The molecule has 2 nitrogen and oxygen atoms in total. The number of nitrogens with one attached hydrogen (secondary N) is 1. The minimum Gasteiger partial charge on any atom is -0.381 e. The van der Waals surface area contributed by atoms with Gasteiger partial charge in [-0.05, 0) is 31.4 Å². The molecule has 0 aliphatic heterocycles. The van der Waals surface area contributed by atoms with Gasteiger partial charge in [0.05, 0.1) is 11.3 Å². The van der Waals surface area contributed by atoms with Crippen molar-refractivity contribution in [3.8, 4) is 6.07 Å². The molecule has 0 atom stereocenters. The fourth-order valence-electron chi connectivity index (χ4n) is 2.23. The van der Waals surface area contributed by atoms with Gasteiger partial charge in [0.15, 0.2) is 0 Å². The number of nitriles is 1. The summed E-state index contributed by atoms with van der Waals surface area (Å²) in [5.74, 6) is 0. The van der Waals surface area contributed by atoms with Crippen molar-refractivity contribution in [2.75, 3.05) is 5.32 Å². The molecular formula is C13H16N2. The fourth-order valence-corrected chi connectivity index (χ4v) is 2.23. The molecule has 1 aliphatic rings. The van der Waals surface area contributed by atoms with Crippen molar-refractivity contribution in [3.05, 3.63) is 29.3 Å². The van der Waals surface area contributed by atoms with Crippen molar-refractivity contribution in [3.63, 3.8) is 0 Å². The molecular weight excluding hydrogens is 184 g/mol. The highest BCUT2D eigenvalue weighted by molar-refractivity contribution is 5.62. The van der Waals surface area contributed by atoms with E-state index in [0.717, 1.165) is 11.3 Å². The van der Waals surface area contributed by atoms with E-state index in [9.17, 15) is 0 Å². The van der Waals surface area contributed by atoms with E-state index in [2.05, 4.69) is 24.4 Å². The average Bonchev–Trinajstić information content (AvgIpc) is 2.74. The summed E-state index contributed by atoms with van der Waals surface area (Å²) in [6.45, 7) is 2.05. The molecule has 0 bridgehead atoms. The van der Waals surface area contributed by atoms with Crippen LogP contribution in [0.4, 0.5) is 5.69 Å². The normalized spacial score (nSPS) is 16.3. The van der Waals surface area contributed by atoms with Crippen LogP contribution in [0.2, 0.25) is 0 Å². The van der Waals surface area contributed by atoms with Gasteiger partial charge in [-0.3, -0.25) is 0 Å². The molecule has 15 heavy (non-hydrogen) atoms. The number of rotatable bonds is 2. The summed E-state index contributed by atoms with van der Waals surface area (Å²) in [5, 5.41) is 12.5. The number of nitrogens with zero attached hydrogens (tertiary/aromatic N) is 1. The zero-order valence-corrected chi connectivity index (χ0v) is 9.09. The van der Waals surface area contributed by atoms with Crippen molar-refractivity contribution in [2.45, 2.75) is 38.6 Å². The fraction of sp³-hybridized carbons (Fsp3) is 0.462. The molecule has 2 heteroatoms. The number of benzene rings is 1. The molecule has 0 radical (unpaired) electrons. The molecule has 1 aromatic carbocycles. The lowest BCUT2D eigenvalue weighted by molar-refractivity contribution is 0.754. The van der Waals surface area contributed by atoms with Crippen LogP contribution in [-0.2, 0) is 0 Å². The summed E-state index contributed by atoms with van der Waals surface area (Å²) in [5.41, 5.74) is 2.97. The topological polar surface area (TPSA) is 35.8 Å². The van der Waals surface area contributed by atoms with Crippen LogP contribution in [0.5, 0.6) is 0 Å². The van der Waals surface area contributed by atoms with Crippen LogP contribution in [0, 0.1) is 18.3 Å². The predicted octanol–water partition coefficient (Wildman–Crippen LogP) is 3.22. The third-order valence-corrected chi connectivity index (χ3v) is 3.10. The summed E-state index contributed by atoms with van der Waals surface area (Å²) >= 11 is 0. The van der Waals surface area contributed by atoms with Crippen LogP contribution in [-0.4, -0.2) is 6.04 Å². The molecule has 0 amide bonds. The molecule has 1 N–H and O–H groups in total. The summed E-state index contributed by atoms with van der Waals surface area (Å²) in [4.78, 5) is 0. The highest BCUT2D eigenvalue weighted by atomic mass is 14.9. The number of para-hydroxylation sites is 1. The molecule has 1 saturated carbocycles. The van der Waals surface area contributed by atoms with Crippen LogP contribution in [0.15, 0.2) is 18.2 Å². The Morgan fingerprint density at radius 2 is 2.07 bits per heavy atom. The SMILES string of the molecule is Cc1cccc(C#N)c1NC1CCCC1. The van der Waals surface area contributed by atoms with E-state index in [1.807, 2.05) is 12.1 Å². The summed E-state index contributed by atoms with van der Waals surface area (Å²) in [6, 6.07) is 8.69. The molecule has 1 fully saturated rings. The van der Waals surface area contributed by atoms with Crippen molar-refractivity contribution in [1.82, 2.24) is 0 Å². The lowest BCUT2D eigenvalue weighted by atomic mass is 10.1. The van der Waals surface area contributed by atoms with Crippen molar-refractivity contribution < 1.29 is 0 Å². The Morgan fingerprint density at radius 1 is 1.33 bits per heavy atom. The first-order valence-corrected chi connectivity index (χ1v) is 5.57. The Morgan fingerprint density at radius 3 is 2.73 bits per heavy atom. The molecule has 1 aliphatic carbocycles. The summed E-state index contributed by atoms with van der Waals surface area (Å²) < 4.78 is 0. The maximum Gasteiger partial charge on any atom is 0.101 e. The molecule has 0 heterocycles. The molecule has 0 saturated heterocycles. The molecule has 1 aromatic rings. The standard InChI is InChI=1S/C13H16N2/c1-10-5-4-6-11(9-14)13(10)15-12-7-2-3-8-12/h4-6,12,15H,2-3,7-8H2,1H3. The molecule has 78 valence electrons. The lowest BCUT2D eigenvalue weighted by Crippen LogP contribution is -2.16. The zero-order chi connectivity index (χ0) is 10.7. The minimum absolute atomic E-state index is 0.568. The Balaban J connectivity index is 2.22. The second-order valence-corrected chi connectivity index (χ2v) is 4.23. The zero-order valence-electron chi connectivity index (χ0n) is 9.09. The Hall–Kier alpha value is -1.49. The van der Waals surface area contributed by atoms with E-state index in [-0.39, 0.29) is 0 Å². The van der Waals surface area contributed by atoms with Gasteiger partial charge in [-0.25, -0.2) is 0 Å². The van der Waals surface area contributed by atoms with E-state index in [1.54, 1.807) is 0 Å². The van der Waals surface area contributed by atoms with Gasteiger partial charge in [0.2, 0.25) is 0 Å². The van der Waals surface area contributed by atoms with Crippen LogP contribution < -0.4 is 5.32 Å². The second kappa shape index (κ2) is 4.35. The minimum atomic E-state index is 0.568. The van der Waals surface area contributed by atoms with E-state index < -0.39 is 0 Å². The van der Waals surface area contributed by atoms with E-state index in [1.165, 1.54) is 31.2 Å². The maximum absolute atomic E-state index is 9.03. The molecule has 0 unspecified atom stereocenters. The van der Waals surface area contributed by atoms with Gasteiger partial charge in [-0.2, -0.15) is 5.26 Å². The summed E-state index contributed by atoms with van der Waals surface area (Å²) in [7, 11) is 0. The van der Waals surface area contributed by atoms with Crippen molar-refractivity contribution in [2.24, 2.45) is 0 Å². The Bertz CT molecular complexity index is 384. The van der Waals surface area contributed by atoms with Crippen molar-refractivity contribution >= 4 is 5.69 Å². The van der Waals surface area contributed by atoms with Gasteiger partial charge in [0, 0.05) is 6.04 Å². The van der Waals surface area contributed by atoms with Gasteiger partial charge in [0.1, 0.15) is 6.07 Å². The second-order valence-electron chi connectivity index (χ2n) is 4.23. The van der Waals surface area contributed by atoms with Crippen molar-refractivity contribution in [1.29, 1.82) is 5.26 Å². The summed E-state index contributed by atoms with van der Waals surface area (Å²) in [6.07, 6.45) is 5.09. The van der Waals surface area contributed by atoms with Gasteiger partial charge < -0.3 is 5.32 Å². The van der Waals surface area contributed by atoms with Crippen LogP contribution in [0.1, 0.15) is 36.8 Å². The predicted molar refractivity (Wildman–Crippen MR) is 61.8 cm³/mol. The van der Waals surface area contributed by atoms with Crippen LogP contribution in [0.3, 0.4) is 0 Å². The maximum atomic E-state index is 9.03. The van der Waals surface area contributed by atoms with E-state index in [0.29, 0.717) is 6.04 Å². The monoisotopic (exact) mass is 200 g/mol. The first-order chi connectivity index (χ1) is 7.31. The molecule has 0 spiro atoms. The number of anilines is 1. The van der Waals surface area contributed by atoms with Gasteiger partial charge in [-0.1, -0.05) is 25.0 Å². The highest BCUT2D eigenvalue weighted by Crippen LogP contribution is 2.26. The van der Waals surface area contributed by atoms with Gasteiger partial charge in [0.25, 0.3) is 0 Å². The molecule has 2 rings (SSSR count). The average molecular weight is 200 g/mol. The first kappa shape index (κ1) is 10.0. The Labute approximate surface area is 90.9 Å². The first-order valence-electron chi connectivity index (χ1n) is 5.57. The molecule has 0 aromatic heterocycles. The third-order valence-electron chi connectivity index (χ3n) is 3.10.